The van der Waals surface area contributed by atoms with Gasteiger partial charge in [-0.3, -0.25) is 10.00 Å². The number of nitrogens with zero attached hydrogens (tertiary/aromatic N) is 5. The Morgan fingerprint density at radius 1 is 1.21 bits per heavy atom. The van der Waals surface area contributed by atoms with Gasteiger partial charge in [-0.15, -0.1) is 0 Å². The van der Waals surface area contributed by atoms with Crippen molar-refractivity contribution in [3.63, 3.8) is 0 Å². The molecule has 2 aromatic heterocycles. The van der Waals surface area contributed by atoms with E-state index in [2.05, 4.69) is 20.4 Å². The number of ether oxygens (including phenoxy) is 2. The van der Waals surface area contributed by atoms with E-state index in [1.54, 1.807) is 4.72 Å². The molecular weight excluding hydrogens is 478 g/mol. The lowest BCUT2D eigenvalue weighted by atomic mass is 10.3. The van der Waals surface area contributed by atoms with Gasteiger partial charge in [0.2, 0.25) is 27.7 Å². The molecule has 2 amide bonds. The molecule has 0 bridgehead atoms. The van der Waals surface area contributed by atoms with Gasteiger partial charge in [0.1, 0.15) is 4.90 Å². The van der Waals surface area contributed by atoms with Crippen molar-refractivity contribution in [1.82, 2.24) is 28.8 Å². The van der Waals surface area contributed by atoms with E-state index in [1.165, 1.54) is 31.6 Å². The fourth-order valence-electron chi connectivity index (χ4n) is 3.27. The largest absolute Gasteiger partial charge is 0.481 e. The number of hydrogen-bond acceptors (Lipinski definition) is 10. The highest BCUT2D eigenvalue weighted by molar-refractivity contribution is 7.92. The van der Waals surface area contributed by atoms with Crippen LogP contribution < -0.4 is 19.5 Å². The van der Waals surface area contributed by atoms with Crippen LogP contribution in [-0.4, -0.2) is 74.2 Å². The van der Waals surface area contributed by atoms with E-state index in [-0.39, 0.29) is 42.9 Å². The number of hydrogen-bond donors (Lipinski definition) is 2. The number of carbonyl (C=O) groups is 1. The van der Waals surface area contributed by atoms with Crippen molar-refractivity contribution in [2.75, 3.05) is 32.6 Å². The van der Waals surface area contributed by atoms with Gasteiger partial charge in [-0.05, 0) is 6.42 Å². The molecular formula is C17H25N7O7S2. The van der Waals surface area contributed by atoms with Gasteiger partial charge in [-0.25, -0.2) is 17.9 Å². The predicted octanol–water partition coefficient (Wildman–Crippen LogP) is 0.0846. The fraction of sp³-hybridized carbons (Fsp3) is 0.529. The standard InChI is InChI=1S/C17H25N7O7S2/c1-5-6-8-24-9-7-11-14(33(24,28)29)15(23(2)21-11)32(26,27)22-17(25)20-16-18-12(30-3)10-13(19-16)31-4/h10H,5-9H2,1-4H3,(H2,18,19,20,22,25). The SMILES string of the molecule is CCCCN1CCc2nn(C)c(S(=O)(=O)NC(=O)Nc3nc(OC)cc(OC)n3)c2S1(=O)=O. The van der Waals surface area contributed by atoms with Crippen LogP contribution >= 0.6 is 0 Å². The molecule has 182 valence electrons. The summed E-state index contributed by atoms with van der Waals surface area (Å²) >= 11 is 0. The number of unbranched alkanes of at least 4 members (excludes halogenated alkanes) is 1. The Labute approximate surface area is 191 Å². The van der Waals surface area contributed by atoms with Gasteiger partial charge >= 0.3 is 6.03 Å². The van der Waals surface area contributed by atoms with Crippen LogP contribution in [0.4, 0.5) is 10.7 Å². The first-order valence-electron chi connectivity index (χ1n) is 9.90. The van der Waals surface area contributed by atoms with Crippen LogP contribution in [0.3, 0.4) is 0 Å². The molecule has 0 saturated heterocycles. The molecule has 2 N–H and O–H groups in total. The lowest BCUT2D eigenvalue weighted by molar-refractivity contribution is 0.256. The maximum absolute atomic E-state index is 13.1. The Balaban J connectivity index is 1.90. The number of fused-ring (bicyclic) bond motifs is 1. The summed E-state index contributed by atoms with van der Waals surface area (Å²) in [7, 11) is -4.78. The number of carbonyl (C=O) groups excluding carboxylic acids is 1. The molecule has 33 heavy (non-hydrogen) atoms. The van der Waals surface area contributed by atoms with Crippen LogP contribution in [0.1, 0.15) is 25.5 Å². The van der Waals surface area contributed by atoms with Gasteiger partial charge in [0, 0.05) is 26.6 Å². The summed E-state index contributed by atoms with van der Waals surface area (Å²) in [5, 5.41) is 5.61. The minimum absolute atomic E-state index is 0.0685. The Hall–Kier alpha value is -2.98. The summed E-state index contributed by atoms with van der Waals surface area (Å²) in [6, 6.07) is 0.146. The molecule has 14 nitrogen and oxygen atoms in total. The summed E-state index contributed by atoms with van der Waals surface area (Å²) in [6.45, 7) is 2.39. The van der Waals surface area contributed by atoms with Crippen molar-refractivity contribution in [1.29, 1.82) is 0 Å². The normalized spacial score (nSPS) is 15.5. The maximum Gasteiger partial charge on any atom is 0.335 e. The summed E-state index contributed by atoms with van der Waals surface area (Å²) in [5.74, 6) is -0.151. The number of anilines is 1. The Kier molecular flexibility index (Phi) is 7.08. The van der Waals surface area contributed by atoms with Crippen molar-refractivity contribution >= 4 is 32.0 Å². The molecule has 0 unspecified atom stereocenters. The van der Waals surface area contributed by atoms with E-state index in [1.807, 2.05) is 6.92 Å². The second kappa shape index (κ2) is 9.48. The third-order valence-electron chi connectivity index (χ3n) is 4.78. The number of amides is 2. The summed E-state index contributed by atoms with van der Waals surface area (Å²) in [4.78, 5) is 19.8. The molecule has 0 fully saturated rings. The van der Waals surface area contributed by atoms with E-state index in [0.29, 0.717) is 6.42 Å². The second-order valence-corrected chi connectivity index (χ2v) is 10.5. The summed E-state index contributed by atoms with van der Waals surface area (Å²) < 4.78 is 66.3. The summed E-state index contributed by atoms with van der Waals surface area (Å²) in [6.07, 6.45) is 1.66. The maximum atomic E-state index is 13.1. The van der Waals surface area contributed by atoms with Crippen molar-refractivity contribution in [3.8, 4) is 11.8 Å². The minimum Gasteiger partial charge on any atom is -0.481 e. The van der Waals surface area contributed by atoms with Crippen LogP contribution in [0.5, 0.6) is 11.8 Å². The molecule has 1 aliphatic rings. The smallest absolute Gasteiger partial charge is 0.335 e. The Morgan fingerprint density at radius 2 is 1.85 bits per heavy atom. The second-order valence-electron chi connectivity index (χ2n) is 7.05. The monoisotopic (exact) mass is 503 g/mol. The molecule has 0 aromatic carbocycles. The van der Waals surface area contributed by atoms with Gasteiger partial charge in [-0.1, -0.05) is 13.3 Å². The minimum atomic E-state index is -4.64. The molecule has 0 radical (unpaired) electrons. The number of urea groups is 1. The molecule has 3 rings (SSSR count). The molecule has 1 aliphatic heterocycles. The number of rotatable bonds is 8. The van der Waals surface area contributed by atoms with Crippen molar-refractivity contribution < 1.29 is 31.1 Å². The van der Waals surface area contributed by atoms with Crippen LogP contribution in [-0.2, 0) is 33.5 Å². The van der Waals surface area contributed by atoms with Crippen molar-refractivity contribution in [2.45, 2.75) is 36.1 Å². The Morgan fingerprint density at radius 3 is 2.42 bits per heavy atom. The first kappa shape index (κ1) is 24.7. The van der Waals surface area contributed by atoms with Gasteiger partial charge in [0.25, 0.3) is 10.0 Å². The zero-order valence-electron chi connectivity index (χ0n) is 18.5. The van der Waals surface area contributed by atoms with Gasteiger partial charge < -0.3 is 9.47 Å². The molecule has 0 saturated carbocycles. The molecule has 3 heterocycles. The highest BCUT2D eigenvalue weighted by atomic mass is 32.2. The topological polar surface area (TPSA) is 175 Å². The van der Waals surface area contributed by atoms with Crippen molar-refractivity contribution in [2.24, 2.45) is 7.05 Å². The third kappa shape index (κ3) is 5.01. The molecule has 0 atom stereocenters. The van der Waals surface area contributed by atoms with E-state index < -0.39 is 36.0 Å². The Bertz CT molecular complexity index is 1240. The van der Waals surface area contributed by atoms with Crippen molar-refractivity contribution in [3.05, 3.63) is 11.8 Å². The lowest BCUT2D eigenvalue weighted by Gasteiger charge is -2.26. The third-order valence-corrected chi connectivity index (χ3v) is 8.33. The zero-order chi connectivity index (χ0) is 24.4. The fourth-order valence-corrected chi connectivity index (χ4v) is 6.81. The van der Waals surface area contributed by atoms with Crippen LogP contribution in [0.25, 0.3) is 0 Å². The van der Waals surface area contributed by atoms with Crippen LogP contribution in [0.2, 0.25) is 0 Å². The average Bonchev–Trinajstić information content (AvgIpc) is 3.10. The summed E-state index contributed by atoms with van der Waals surface area (Å²) in [5.41, 5.74) is 0.131. The molecule has 16 heteroatoms. The number of aryl methyl sites for hydroxylation is 1. The molecule has 2 aromatic rings. The number of nitrogens with one attached hydrogen (secondary N) is 2. The van der Waals surface area contributed by atoms with Crippen LogP contribution in [0, 0.1) is 0 Å². The van der Waals surface area contributed by atoms with Crippen LogP contribution in [0.15, 0.2) is 16.0 Å². The van der Waals surface area contributed by atoms with Gasteiger partial charge in [-0.2, -0.15) is 27.8 Å². The predicted molar refractivity (Wildman–Crippen MR) is 115 cm³/mol. The quantitative estimate of drug-likeness (QED) is 0.502. The van der Waals surface area contributed by atoms with E-state index in [9.17, 15) is 21.6 Å². The van der Waals surface area contributed by atoms with E-state index in [4.69, 9.17) is 9.47 Å². The zero-order valence-corrected chi connectivity index (χ0v) is 20.2. The number of aromatic nitrogens is 4. The molecule has 0 aliphatic carbocycles. The van der Waals surface area contributed by atoms with Gasteiger partial charge in [0.05, 0.1) is 26.0 Å². The van der Waals surface area contributed by atoms with Gasteiger partial charge in [0.15, 0.2) is 5.03 Å². The number of sulfonamides is 2. The lowest BCUT2D eigenvalue weighted by Crippen LogP contribution is -2.40. The van der Waals surface area contributed by atoms with E-state index in [0.717, 1.165) is 11.1 Å². The average molecular weight is 504 g/mol. The first-order chi connectivity index (χ1) is 15.5. The first-order valence-corrected chi connectivity index (χ1v) is 12.8. The highest BCUT2D eigenvalue weighted by Crippen LogP contribution is 2.32. The highest BCUT2D eigenvalue weighted by Gasteiger charge is 2.41. The number of methoxy groups -OCH3 is 2. The van der Waals surface area contributed by atoms with E-state index >= 15 is 0 Å². The molecule has 0 spiro atoms.